The van der Waals surface area contributed by atoms with E-state index in [0.717, 1.165) is 45.5 Å². The highest BCUT2D eigenvalue weighted by Crippen LogP contribution is 2.18. The Morgan fingerprint density at radius 3 is 0.600 bits per heavy atom. The minimum Gasteiger partial charge on any atom is -0.167 e. The van der Waals surface area contributed by atoms with Gasteiger partial charge in [0.1, 0.15) is 0 Å². The van der Waals surface area contributed by atoms with Crippen LogP contribution < -0.4 is 18.3 Å². The molecular formula is C32H24N8+4. The molecule has 8 nitrogen and oxygen atoms in total. The molecule has 0 saturated carbocycles. The van der Waals surface area contributed by atoms with Crippen LogP contribution in [0.3, 0.4) is 0 Å². The summed E-state index contributed by atoms with van der Waals surface area (Å²) < 4.78 is 8.20. The summed E-state index contributed by atoms with van der Waals surface area (Å²) in [5.74, 6) is 0. The zero-order chi connectivity index (χ0) is 26.7. The predicted octanol–water partition coefficient (Wildman–Crippen LogP) is 5.94. The molecule has 0 aliphatic carbocycles. The van der Waals surface area contributed by atoms with E-state index in [0.29, 0.717) is 0 Å². The second kappa shape index (κ2) is 10.2. The molecule has 0 unspecified atom stereocenters. The maximum Gasteiger partial charge on any atom is 0.211 e. The second-order valence-corrected chi connectivity index (χ2v) is 9.29. The Morgan fingerprint density at radius 2 is 0.425 bits per heavy atom. The quantitative estimate of drug-likeness (QED) is 0.222. The van der Waals surface area contributed by atoms with E-state index in [4.69, 9.17) is 0 Å². The van der Waals surface area contributed by atoms with Gasteiger partial charge < -0.3 is 0 Å². The van der Waals surface area contributed by atoms with Crippen LogP contribution in [0.4, 0.5) is 22.7 Å². The minimum atomic E-state index is 0.784. The van der Waals surface area contributed by atoms with E-state index in [1.165, 1.54) is 0 Å². The van der Waals surface area contributed by atoms with Crippen molar-refractivity contribution in [2.75, 3.05) is 0 Å². The molecule has 40 heavy (non-hydrogen) atoms. The summed E-state index contributed by atoms with van der Waals surface area (Å²) in [5.41, 5.74) is 7.34. The summed E-state index contributed by atoms with van der Waals surface area (Å²) in [6.45, 7) is 0. The number of rotatable bonds is 0. The van der Waals surface area contributed by atoms with Crippen LogP contribution in [0.1, 0.15) is 0 Å². The van der Waals surface area contributed by atoms with Crippen LogP contribution in [-0.4, -0.2) is 0 Å². The smallest absolute Gasteiger partial charge is 0.167 e. The van der Waals surface area contributed by atoms with Gasteiger partial charge in [-0.15, -0.1) is 0 Å². The highest BCUT2D eigenvalue weighted by molar-refractivity contribution is 5.40. The van der Waals surface area contributed by atoms with E-state index in [9.17, 15) is 0 Å². The lowest BCUT2D eigenvalue weighted by atomic mass is 10.2. The van der Waals surface area contributed by atoms with Gasteiger partial charge in [-0.25, -0.2) is 0 Å². The Labute approximate surface area is 230 Å². The van der Waals surface area contributed by atoms with Crippen molar-refractivity contribution in [1.82, 2.24) is 0 Å². The minimum absolute atomic E-state index is 0.784. The molecule has 8 heteroatoms. The molecule has 0 fully saturated rings. The highest BCUT2D eigenvalue weighted by Gasteiger charge is 2.12. The van der Waals surface area contributed by atoms with Crippen molar-refractivity contribution in [3.05, 3.63) is 147 Å². The maximum atomic E-state index is 4.41. The molecule has 2 aromatic carbocycles. The molecule has 0 radical (unpaired) electrons. The molecule has 22 rings (SSSR count). The lowest BCUT2D eigenvalue weighted by Crippen LogP contribution is -2.31. The molecule has 6 aromatic rings. The van der Waals surface area contributed by atoms with Crippen molar-refractivity contribution in [1.29, 1.82) is 0 Å². The molecular weight excluding hydrogens is 496 g/mol. The average molecular weight is 521 g/mol. The van der Waals surface area contributed by atoms with Gasteiger partial charge >= 0.3 is 0 Å². The molecule has 0 atom stereocenters. The van der Waals surface area contributed by atoms with E-state index >= 15 is 0 Å². The Hall–Kier alpha value is -5.76. The number of benzene rings is 2. The van der Waals surface area contributed by atoms with Crippen LogP contribution in [0.2, 0.25) is 0 Å². The Morgan fingerprint density at radius 1 is 0.250 bits per heavy atom. The third kappa shape index (κ3) is 4.89. The van der Waals surface area contributed by atoms with E-state index in [2.05, 4.69) is 69.0 Å². The summed E-state index contributed by atoms with van der Waals surface area (Å²) >= 11 is 0. The van der Waals surface area contributed by atoms with Gasteiger partial charge in [-0.1, -0.05) is 0 Å². The number of aromatic nitrogens is 4. The van der Waals surface area contributed by atoms with Crippen LogP contribution in [0.25, 0.3) is 22.7 Å². The van der Waals surface area contributed by atoms with Gasteiger partial charge in [0.15, 0.2) is 49.6 Å². The molecule has 188 valence electrons. The first kappa shape index (κ1) is 23.4. The molecule has 16 aliphatic heterocycles. The lowest BCUT2D eigenvalue weighted by Gasteiger charge is -2.00. The predicted molar refractivity (Wildman–Crippen MR) is 147 cm³/mol. The van der Waals surface area contributed by atoms with E-state index < -0.39 is 0 Å². The number of nitrogens with zero attached hydrogens (tertiary/aromatic N) is 8. The van der Waals surface area contributed by atoms with Crippen molar-refractivity contribution in [3.63, 3.8) is 0 Å². The number of pyridine rings is 4. The molecule has 4 aromatic heterocycles. The number of hydrogen-bond acceptors (Lipinski definition) is 4. The number of hydrogen-bond donors (Lipinski definition) is 0. The Kier molecular flexibility index (Phi) is 5.95. The van der Waals surface area contributed by atoms with Gasteiger partial charge in [-0.2, -0.15) is 38.7 Å². The van der Waals surface area contributed by atoms with Crippen LogP contribution in [0, 0.1) is 0 Å². The SMILES string of the molecule is c1c[n+]2ccc1N=Nc1cc[n+](cc1)-c1ccc(cc1)-[n+]1ccc(cc1)N=Nc1cc[n+](cc1)-c1ccc-2cc1. The average Bonchev–Trinajstić information content (AvgIpc) is 3.04. The third-order valence-corrected chi connectivity index (χ3v) is 6.70. The van der Waals surface area contributed by atoms with E-state index in [1.807, 2.05) is 116 Å². The van der Waals surface area contributed by atoms with Crippen molar-refractivity contribution < 1.29 is 18.3 Å². The molecule has 0 amide bonds. The van der Waals surface area contributed by atoms with Crippen molar-refractivity contribution in [3.8, 4) is 22.7 Å². The van der Waals surface area contributed by atoms with Gasteiger partial charge in [0.05, 0.1) is 22.7 Å². The Balaban J connectivity index is 1.25. The van der Waals surface area contributed by atoms with Gasteiger partial charge in [-0.05, 0) is 0 Å². The first-order valence-corrected chi connectivity index (χ1v) is 12.9. The standard InChI is InChI=1S/C32H24N8/c1-2-30-4-3-29(1)37-17-9-25(10-18-37)33-35-27-13-21-39(22-14-27)31-5-7-32(8-6-31)40-23-15-28(16-24-40)36-34-26-11-19-38(30)20-12-26/h1-24H/q+4. The number of azo groups is 2. The van der Waals surface area contributed by atoms with Crippen molar-refractivity contribution in [2.45, 2.75) is 0 Å². The van der Waals surface area contributed by atoms with Gasteiger partial charge in [0.2, 0.25) is 22.7 Å². The van der Waals surface area contributed by atoms with Gasteiger partial charge in [-0.3, -0.25) is 0 Å². The molecule has 16 aliphatic rings. The first-order chi connectivity index (χ1) is 19.8. The summed E-state index contributed by atoms with van der Waals surface area (Å²) in [7, 11) is 0. The van der Waals surface area contributed by atoms with E-state index in [-0.39, 0.29) is 0 Å². The largest absolute Gasteiger partial charge is 0.211 e. The molecule has 0 spiro atoms. The second-order valence-electron chi connectivity index (χ2n) is 9.29. The normalized spacial score (nSPS) is 11.8. The monoisotopic (exact) mass is 520 g/mol. The summed E-state index contributed by atoms with van der Waals surface area (Å²) in [6, 6.07) is 32.3. The van der Waals surface area contributed by atoms with E-state index in [1.54, 1.807) is 0 Å². The van der Waals surface area contributed by atoms with Crippen molar-refractivity contribution >= 4 is 22.7 Å². The fraction of sp³-hybridized carbons (Fsp3) is 0. The van der Waals surface area contributed by atoms with Crippen LogP contribution in [0.15, 0.2) is 167 Å². The molecule has 0 saturated heterocycles. The van der Waals surface area contributed by atoms with Crippen molar-refractivity contribution in [2.24, 2.45) is 20.5 Å². The summed E-state index contributed by atoms with van der Waals surface area (Å²) in [5, 5.41) is 17.7. The zero-order valence-electron chi connectivity index (χ0n) is 21.4. The summed E-state index contributed by atoms with van der Waals surface area (Å²) in [6.07, 6.45) is 15.9. The maximum absolute atomic E-state index is 4.41. The van der Waals surface area contributed by atoms with Crippen LogP contribution in [0.5, 0.6) is 0 Å². The third-order valence-electron chi connectivity index (χ3n) is 6.70. The van der Waals surface area contributed by atoms with Crippen LogP contribution >= 0.6 is 0 Å². The molecule has 12 bridgehead atoms. The summed E-state index contributed by atoms with van der Waals surface area (Å²) in [4.78, 5) is 0. The fourth-order valence-electron chi connectivity index (χ4n) is 4.45. The lowest BCUT2D eigenvalue weighted by molar-refractivity contribution is -0.599. The van der Waals surface area contributed by atoms with Gasteiger partial charge in [0, 0.05) is 97.1 Å². The van der Waals surface area contributed by atoms with Crippen LogP contribution in [-0.2, 0) is 0 Å². The molecule has 20 heterocycles. The fourth-order valence-corrected chi connectivity index (χ4v) is 4.45. The molecule has 0 N–H and O–H groups in total. The highest BCUT2D eigenvalue weighted by atomic mass is 15.1. The van der Waals surface area contributed by atoms with Gasteiger partial charge in [0.25, 0.3) is 0 Å². The zero-order valence-corrected chi connectivity index (χ0v) is 21.4. The Bertz CT molecular complexity index is 1550. The topological polar surface area (TPSA) is 65.0 Å². The first-order valence-electron chi connectivity index (χ1n) is 12.9.